The van der Waals surface area contributed by atoms with E-state index in [9.17, 15) is 0 Å². The summed E-state index contributed by atoms with van der Waals surface area (Å²) < 4.78 is 5.66. The number of ether oxygens (including phenoxy) is 1. The molecule has 19 heavy (non-hydrogen) atoms. The molecule has 1 saturated heterocycles. The van der Waals surface area contributed by atoms with Crippen molar-refractivity contribution in [1.82, 2.24) is 4.90 Å². The molecule has 3 nitrogen and oxygen atoms in total. The summed E-state index contributed by atoms with van der Waals surface area (Å²) in [7, 11) is 2.14. The number of nitrogens with zero attached hydrogens (tertiary/aromatic N) is 1. The maximum atomic E-state index is 6.04. The molecule has 0 bridgehead atoms. The van der Waals surface area contributed by atoms with Crippen molar-refractivity contribution in [3.05, 3.63) is 34.9 Å². The average molecular weight is 283 g/mol. The smallest absolute Gasteiger partial charge is 0.0662 e. The van der Waals surface area contributed by atoms with Gasteiger partial charge in [-0.1, -0.05) is 23.7 Å². The van der Waals surface area contributed by atoms with Crippen LogP contribution in [0.1, 0.15) is 31.4 Å². The van der Waals surface area contributed by atoms with Crippen LogP contribution in [0.2, 0.25) is 5.02 Å². The summed E-state index contributed by atoms with van der Waals surface area (Å²) in [6, 6.07) is 8.33. The topological polar surface area (TPSA) is 38.5 Å². The fourth-order valence-electron chi connectivity index (χ4n) is 2.80. The summed E-state index contributed by atoms with van der Waals surface area (Å²) in [6.07, 6.45) is 2.17. The van der Waals surface area contributed by atoms with E-state index in [2.05, 4.69) is 31.0 Å². The Morgan fingerprint density at radius 1 is 1.42 bits per heavy atom. The maximum Gasteiger partial charge on any atom is 0.0662 e. The fraction of sp³-hybridized carbons (Fsp3) is 0.600. The number of likely N-dealkylation sites (N-methyl/N-ethyl adjacent to an activating group) is 1. The third-order valence-corrected chi connectivity index (χ3v) is 4.62. The molecule has 2 rings (SSSR count). The van der Waals surface area contributed by atoms with Gasteiger partial charge in [-0.05, 0) is 44.5 Å². The van der Waals surface area contributed by atoms with E-state index in [0.717, 1.165) is 31.1 Å². The second-order valence-corrected chi connectivity index (χ2v) is 5.86. The van der Waals surface area contributed by atoms with Gasteiger partial charge in [0.1, 0.15) is 0 Å². The zero-order valence-corrected chi connectivity index (χ0v) is 12.5. The second-order valence-electron chi connectivity index (χ2n) is 5.42. The normalized spacial score (nSPS) is 25.5. The van der Waals surface area contributed by atoms with Gasteiger partial charge in [0.05, 0.1) is 12.1 Å². The number of benzene rings is 1. The van der Waals surface area contributed by atoms with E-state index >= 15 is 0 Å². The first-order valence-electron chi connectivity index (χ1n) is 6.85. The summed E-state index contributed by atoms with van der Waals surface area (Å²) in [5.74, 6) is 0. The number of rotatable bonds is 4. The number of hydrogen-bond donors (Lipinski definition) is 1. The summed E-state index contributed by atoms with van der Waals surface area (Å²) in [6.45, 7) is 4.40. The number of halogens is 1. The lowest BCUT2D eigenvalue weighted by atomic mass is 9.88. The van der Waals surface area contributed by atoms with Gasteiger partial charge in [-0.2, -0.15) is 0 Å². The largest absolute Gasteiger partial charge is 0.379 e. The van der Waals surface area contributed by atoms with Gasteiger partial charge >= 0.3 is 0 Å². The van der Waals surface area contributed by atoms with Crippen LogP contribution in [0.25, 0.3) is 0 Å². The molecule has 4 heteroatoms. The van der Waals surface area contributed by atoms with Gasteiger partial charge in [0.15, 0.2) is 0 Å². The molecule has 1 aromatic rings. The van der Waals surface area contributed by atoms with Gasteiger partial charge in [-0.25, -0.2) is 0 Å². The number of hydrogen-bond acceptors (Lipinski definition) is 3. The van der Waals surface area contributed by atoms with Gasteiger partial charge in [0, 0.05) is 24.2 Å². The Hall–Kier alpha value is -0.610. The molecule has 2 atom stereocenters. The Morgan fingerprint density at radius 2 is 2.11 bits per heavy atom. The molecule has 1 aliphatic heterocycles. The monoisotopic (exact) mass is 282 g/mol. The molecule has 1 aromatic carbocycles. The van der Waals surface area contributed by atoms with Crippen molar-refractivity contribution in [2.75, 3.05) is 26.8 Å². The van der Waals surface area contributed by atoms with E-state index in [1.165, 1.54) is 5.56 Å². The van der Waals surface area contributed by atoms with Crippen LogP contribution in [0.3, 0.4) is 0 Å². The standard InChI is InChI=1S/C15H23ClN2O/c1-12(13-4-6-14(16)7-5-13)18(2)15(10-17)8-3-9-19-11-15/h4-7,12H,3,8-11,17H2,1-2H3. The zero-order valence-electron chi connectivity index (χ0n) is 11.7. The molecule has 0 amide bonds. The summed E-state index contributed by atoms with van der Waals surface area (Å²) in [5.41, 5.74) is 7.25. The van der Waals surface area contributed by atoms with Crippen LogP contribution in [-0.4, -0.2) is 37.2 Å². The van der Waals surface area contributed by atoms with Gasteiger partial charge in [0.2, 0.25) is 0 Å². The highest BCUT2D eigenvalue weighted by atomic mass is 35.5. The fourth-order valence-corrected chi connectivity index (χ4v) is 2.92. The lowest BCUT2D eigenvalue weighted by Crippen LogP contribution is -2.57. The van der Waals surface area contributed by atoms with E-state index in [0.29, 0.717) is 12.6 Å². The van der Waals surface area contributed by atoms with E-state index in [1.807, 2.05) is 12.1 Å². The predicted molar refractivity (Wildman–Crippen MR) is 79.5 cm³/mol. The summed E-state index contributed by atoms with van der Waals surface area (Å²) in [4.78, 5) is 2.36. The third kappa shape index (κ3) is 3.11. The minimum Gasteiger partial charge on any atom is -0.379 e. The Labute approximate surface area is 120 Å². The molecule has 1 aliphatic rings. The van der Waals surface area contributed by atoms with Gasteiger partial charge in [0.25, 0.3) is 0 Å². The molecular formula is C15H23ClN2O. The van der Waals surface area contributed by atoms with Crippen LogP contribution in [-0.2, 0) is 4.74 Å². The van der Waals surface area contributed by atoms with Crippen molar-refractivity contribution < 1.29 is 4.74 Å². The highest BCUT2D eigenvalue weighted by molar-refractivity contribution is 6.30. The Balaban J connectivity index is 2.16. The molecule has 0 saturated carbocycles. The zero-order chi connectivity index (χ0) is 13.9. The van der Waals surface area contributed by atoms with E-state index < -0.39 is 0 Å². The molecule has 0 aromatic heterocycles. The van der Waals surface area contributed by atoms with Crippen LogP contribution < -0.4 is 5.73 Å². The molecule has 0 spiro atoms. The summed E-state index contributed by atoms with van der Waals surface area (Å²) >= 11 is 5.95. The van der Waals surface area contributed by atoms with Crippen LogP contribution in [0.5, 0.6) is 0 Å². The van der Waals surface area contributed by atoms with Crippen molar-refractivity contribution in [3.8, 4) is 0 Å². The predicted octanol–water partition coefficient (Wildman–Crippen LogP) is 2.84. The van der Waals surface area contributed by atoms with Gasteiger partial charge in [-0.3, -0.25) is 4.90 Å². The number of nitrogens with two attached hydrogens (primary N) is 1. The van der Waals surface area contributed by atoms with Crippen molar-refractivity contribution in [2.24, 2.45) is 5.73 Å². The molecule has 0 aliphatic carbocycles. The van der Waals surface area contributed by atoms with Crippen LogP contribution >= 0.6 is 11.6 Å². The SMILES string of the molecule is CC(c1ccc(Cl)cc1)N(C)C1(CN)CCCOC1. The van der Waals surface area contributed by atoms with Crippen molar-refractivity contribution in [1.29, 1.82) is 0 Å². The third-order valence-electron chi connectivity index (χ3n) is 4.36. The molecule has 0 radical (unpaired) electrons. The lowest BCUT2D eigenvalue weighted by Gasteiger charge is -2.46. The Bertz CT molecular complexity index is 401. The molecule has 1 heterocycles. The summed E-state index contributed by atoms with van der Waals surface area (Å²) in [5, 5.41) is 0.771. The van der Waals surface area contributed by atoms with Crippen LogP contribution in [0, 0.1) is 0 Å². The van der Waals surface area contributed by atoms with Gasteiger partial charge < -0.3 is 10.5 Å². The first-order valence-corrected chi connectivity index (χ1v) is 7.23. The highest BCUT2D eigenvalue weighted by Crippen LogP contribution is 2.32. The minimum atomic E-state index is -0.0443. The maximum absolute atomic E-state index is 6.04. The average Bonchev–Trinajstić information content (AvgIpc) is 2.47. The van der Waals surface area contributed by atoms with E-state index in [1.54, 1.807) is 0 Å². The van der Waals surface area contributed by atoms with Crippen LogP contribution in [0.15, 0.2) is 24.3 Å². The van der Waals surface area contributed by atoms with Crippen molar-refractivity contribution >= 4 is 11.6 Å². The Morgan fingerprint density at radius 3 is 2.63 bits per heavy atom. The molecule has 2 unspecified atom stereocenters. The molecule has 2 N–H and O–H groups in total. The molecular weight excluding hydrogens is 260 g/mol. The van der Waals surface area contributed by atoms with Crippen molar-refractivity contribution in [2.45, 2.75) is 31.3 Å². The second kappa shape index (κ2) is 6.23. The van der Waals surface area contributed by atoms with Crippen LogP contribution in [0.4, 0.5) is 0 Å². The lowest BCUT2D eigenvalue weighted by molar-refractivity contribution is -0.0488. The minimum absolute atomic E-state index is 0.0443. The first kappa shape index (κ1) is 14.8. The van der Waals surface area contributed by atoms with Crippen molar-refractivity contribution in [3.63, 3.8) is 0 Å². The van der Waals surface area contributed by atoms with E-state index in [-0.39, 0.29) is 5.54 Å². The highest BCUT2D eigenvalue weighted by Gasteiger charge is 2.38. The molecule has 106 valence electrons. The first-order chi connectivity index (χ1) is 9.09. The van der Waals surface area contributed by atoms with E-state index in [4.69, 9.17) is 22.1 Å². The Kier molecular flexibility index (Phi) is 4.85. The quantitative estimate of drug-likeness (QED) is 0.923. The molecule has 1 fully saturated rings. The van der Waals surface area contributed by atoms with Gasteiger partial charge in [-0.15, -0.1) is 0 Å².